The van der Waals surface area contributed by atoms with Gasteiger partial charge in [0.25, 0.3) is 5.92 Å². The highest BCUT2D eigenvalue weighted by molar-refractivity contribution is 5.18. The van der Waals surface area contributed by atoms with Gasteiger partial charge in [-0.05, 0) is 12.5 Å². The molecule has 0 bridgehead atoms. The lowest BCUT2D eigenvalue weighted by Crippen LogP contribution is -2.24. The molecule has 0 aromatic heterocycles. The third-order valence-electron chi connectivity index (χ3n) is 1.71. The van der Waals surface area contributed by atoms with E-state index in [4.69, 9.17) is 0 Å². The van der Waals surface area contributed by atoms with Crippen molar-refractivity contribution in [3.8, 4) is 0 Å². The number of hydrogen-bond acceptors (Lipinski definition) is 0. The highest BCUT2D eigenvalue weighted by atomic mass is 19.3. The van der Waals surface area contributed by atoms with Crippen LogP contribution in [0.3, 0.4) is 0 Å². The summed E-state index contributed by atoms with van der Waals surface area (Å²) in [7, 11) is 0. The summed E-state index contributed by atoms with van der Waals surface area (Å²) in [6.45, 7) is 1.77. The largest absolute Gasteiger partial charge is 0.272 e. The predicted molar refractivity (Wildman–Crippen MR) is 37.0 cm³/mol. The van der Waals surface area contributed by atoms with Gasteiger partial charge in [-0.25, -0.2) is 8.78 Å². The lowest BCUT2D eigenvalue weighted by atomic mass is 9.94. The molecular formula is C8H10F2. The minimum atomic E-state index is -2.62. The van der Waals surface area contributed by atoms with Crippen LogP contribution in [0.2, 0.25) is 0 Å². The van der Waals surface area contributed by atoms with E-state index >= 15 is 0 Å². The second-order valence-electron chi connectivity index (χ2n) is 2.43. The van der Waals surface area contributed by atoms with Gasteiger partial charge in [0, 0.05) is 5.92 Å². The summed E-state index contributed by atoms with van der Waals surface area (Å²) in [5, 5.41) is 0. The van der Waals surface area contributed by atoms with Crippen LogP contribution in [0.15, 0.2) is 24.3 Å². The number of halogens is 2. The van der Waals surface area contributed by atoms with Crippen LogP contribution in [-0.4, -0.2) is 5.92 Å². The lowest BCUT2D eigenvalue weighted by molar-refractivity contribution is 0.00791. The molecule has 1 unspecified atom stereocenters. The zero-order valence-corrected chi connectivity index (χ0v) is 5.85. The molecular weight excluding hydrogens is 134 g/mol. The van der Waals surface area contributed by atoms with Gasteiger partial charge in [-0.1, -0.05) is 25.2 Å². The van der Waals surface area contributed by atoms with Crippen LogP contribution in [0.25, 0.3) is 0 Å². The van der Waals surface area contributed by atoms with Gasteiger partial charge in [0.05, 0.1) is 0 Å². The summed E-state index contributed by atoms with van der Waals surface area (Å²) in [6.07, 6.45) is 6.08. The summed E-state index contributed by atoms with van der Waals surface area (Å²) < 4.78 is 25.5. The van der Waals surface area contributed by atoms with E-state index in [2.05, 4.69) is 0 Å². The van der Waals surface area contributed by atoms with Crippen molar-refractivity contribution in [2.75, 3.05) is 0 Å². The lowest BCUT2D eigenvalue weighted by Gasteiger charge is -2.21. The fourth-order valence-corrected chi connectivity index (χ4v) is 1.04. The molecule has 1 rings (SSSR count). The van der Waals surface area contributed by atoms with Crippen LogP contribution >= 0.6 is 0 Å². The van der Waals surface area contributed by atoms with Crippen molar-refractivity contribution in [2.24, 2.45) is 5.92 Å². The second-order valence-corrected chi connectivity index (χ2v) is 2.43. The molecule has 0 saturated carbocycles. The Kier molecular flexibility index (Phi) is 1.88. The smallest absolute Gasteiger partial charge is 0.201 e. The van der Waals surface area contributed by atoms with Crippen molar-refractivity contribution >= 4 is 0 Å². The SMILES string of the molecule is CCC1C=CC=CC1(F)F. The Morgan fingerprint density at radius 3 is 2.50 bits per heavy atom. The van der Waals surface area contributed by atoms with Crippen LogP contribution in [0, 0.1) is 5.92 Å². The maximum atomic E-state index is 12.7. The fourth-order valence-electron chi connectivity index (χ4n) is 1.04. The number of allylic oxidation sites excluding steroid dienone is 4. The summed E-state index contributed by atoms with van der Waals surface area (Å²) in [5.74, 6) is -3.22. The normalized spacial score (nSPS) is 28.9. The zero-order valence-electron chi connectivity index (χ0n) is 5.85. The van der Waals surface area contributed by atoms with E-state index in [1.54, 1.807) is 19.1 Å². The van der Waals surface area contributed by atoms with Gasteiger partial charge in [0.15, 0.2) is 0 Å². The first-order valence-corrected chi connectivity index (χ1v) is 3.40. The molecule has 1 aliphatic carbocycles. The molecule has 1 atom stereocenters. The highest BCUT2D eigenvalue weighted by Crippen LogP contribution is 2.31. The van der Waals surface area contributed by atoms with Crippen molar-refractivity contribution in [3.05, 3.63) is 24.3 Å². The van der Waals surface area contributed by atoms with E-state index in [0.29, 0.717) is 6.42 Å². The molecule has 0 aromatic carbocycles. The van der Waals surface area contributed by atoms with Gasteiger partial charge in [-0.15, -0.1) is 0 Å². The Labute approximate surface area is 59.2 Å². The van der Waals surface area contributed by atoms with Gasteiger partial charge in [0.1, 0.15) is 0 Å². The van der Waals surface area contributed by atoms with Crippen molar-refractivity contribution < 1.29 is 8.78 Å². The molecule has 0 spiro atoms. The monoisotopic (exact) mass is 144 g/mol. The minimum Gasteiger partial charge on any atom is -0.201 e. The van der Waals surface area contributed by atoms with Crippen LogP contribution < -0.4 is 0 Å². The van der Waals surface area contributed by atoms with Crippen molar-refractivity contribution in [1.82, 2.24) is 0 Å². The Morgan fingerprint density at radius 1 is 1.40 bits per heavy atom. The van der Waals surface area contributed by atoms with E-state index < -0.39 is 11.8 Å². The molecule has 0 radical (unpaired) electrons. The van der Waals surface area contributed by atoms with Gasteiger partial charge in [0.2, 0.25) is 0 Å². The van der Waals surface area contributed by atoms with Gasteiger partial charge >= 0.3 is 0 Å². The van der Waals surface area contributed by atoms with Crippen LogP contribution in [0.1, 0.15) is 13.3 Å². The number of rotatable bonds is 1. The van der Waals surface area contributed by atoms with E-state index in [1.807, 2.05) is 0 Å². The van der Waals surface area contributed by atoms with Crippen LogP contribution in [0.5, 0.6) is 0 Å². The Bertz CT molecular complexity index is 168. The molecule has 0 N–H and O–H groups in total. The second kappa shape index (κ2) is 2.52. The first-order valence-electron chi connectivity index (χ1n) is 3.40. The molecule has 1 aliphatic rings. The number of hydrogen-bond donors (Lipinski definition) is 0. The van der Waals surface area contributed by atoms with Crippen molar-refractivity contribution in [1.29, 1.82) is 0 Å². The minimum absolute atomic E-state index is 0.494. The van der Waals surface area contributed by atoms with E-state index in [0.717, 1.165) is 6.08 Å². The molecule has 10 heavy (non-hydrogen) atoms. The van der Waals surface area contributed by atoms with Crippen molar-refractivity contribution in [2.45, 2.75) is 19.3 Å². The van der Waals surface area contributed by atoms with Gasteiger partial charge < -0.3 is 0 Å². The summed E-state index contributed by atoms with van der Waals surface area (Å²) in [6, 6.07) is 0. The summed E-state index contributed by atoms with van der Waals surface area (Å²) in [5.41, 5.74) is 0. The average Bonchev–Trinajstić information content (AvgIpc) is 1.87. The summed E-state index contributed by atoms with van der Waals surface area (Å²) in [4.78, 5) is 0. The van der Waals surface area contributed by atoms with Crippen molar-refractivity contribution in [3.63, 3.8) is 0 Å². The number of alkyl halides is 2. The molecule has 0 saturated heterocycles. The molecule has 0 aromatic rings. The Balaban J connectivity index is 2.74. The third kappa shape index (κ3) is 1.25. The summed E-state index contributed by atoms with van der Waals surface area (Å²) >= 11 is 0. The first kappa shape index (κ1) is 7.45. The third-order valence-corrected chi connectivity index (χ3v) is 1.71. The molecule has 0 nitrogen and oxygen atoms in total. The van der Waals surface area contributed by atoms with E-state index in [9.17, 15) is 8.78 Å². The maximum absolute atomic E-state index is 12.7. The quantitative estimate of drug-likeness (QED) is 0.530. The molecule has 2 heteroatoms. The fraction of sp³-hybridized carbons (Fsp3) is 0.500. The first-order chi connectivity index (χ1) is 4.67. The average molecular weight is 144 g/mol. The standard InChI is InChI=1S/C8H10F2/c1-2-7-5-3-4-6-8(7,9)10/h3-7H,2H2,1H3. The van der Waals surface area contributed by atoms with E-state index in [1.165, 1.54) is 6.08 Å². The highest BCUT2D eigenvalue weighted by Gasteiger charge is 2.34. The zero-order chi connectivity index (χ0) is 7.61. The predicted octanol–water partition coefficient (Wildman–Crippen LogP) is 2.77. The molecule has 56 valence electrons. The van der Waals surface area contributed by atoms with Gasteiger partial charge in [-0.2, -0.15) is 0 Å². The molecule has 0 amide bonds. The van der Waals surface area contributed by atoms with Crippen LogP contribution in [-0.2, 0) is 0 Å². The van der Waals surface area contributed by atoms with E-state index in [-0.39, 0.29) is 0 Å². The van der Waals surface area contributed by atoms with Gasteiger partial charge in [-0.3, -0.25) is 0 Å². The van der Waals surface area contributed by atoms with Crippen LogP contribution in [0.4, 0.5) is 8.78 Å². The maximum Gasteiger partial charge on any atom is 0.272 e. The Morgan fingerprint density at radius 2 is 2.10 bits per heavy atom. The molecule has 0 fully saturated rings. The molecule has 0 aliphatic heterocycles. The Hall–Kier alpha value is -0.660. The molecule has 0 heterocycles. The topological polar surface area (TPSA) is 0 Å².